The number of carbonyl (C=O) groups excluding carboxylic acids is 4. The molecule has 54 heavy (non-hydrogen) atoms. The molecule has 4 aromatic carbocycles. The lowest BCUT2D eigenvalue weighted by atomic mass is 9.97. The third-order valence-corrected chi connectivity index (χ3v) is 7.98. The van der Waals surface area contributed by atoms with E-state index in [9.17, 15) is 19.2 Å². The first-order chi connectivity index (χ1) is 26.4. The molecule has 14 nitrogen and oxygen atoms in total. The van der Waals surface area contributed by atoms with Crippen molar-refractivity contribution in [2.75, 3.05) is 46.2 Å². The number of ether oxygens (including phenoxy) is 8. The van der Waals surface area contributed by atoms with Crippen molar-refractivity contribution in [2.24, 2.45) is 0 Å². The van der Waals surface area contributed by atoms with Gasteiger partial charge in [0.2, 0.25) is 0 Å². The minimum atomic E-state index is -1.54. The van der Waals surface area contributed by atoms with Crippen molar-refractivity contribution < 1.29 is 62.2 Å². The van der Waals surface area contributed by atoms with E-state index in [1.165, 1.54) is 36.4 Å². The van der Waals surface area contributed by atoms with Gasteiger partial charge in [-0.2, -0.15) is 0 Å². The van der Waals surface area contributed by atoms with E-state index in [4.69, 9.17) is 43.4 Å². The highest BCUT2D eigenvalue weighted by atomic mass is 16.7. The van der Waals surface area contributed by atoms with E-state index in [1.807, 2.05) is 5.11 Å². The zero-order valence-electron chi connectivity index (χ0n) is 29.2. The first-order valence-electron chi connectivity index (χ1n) is 17.2. The molecular weight excluding hydrogens is 700 g/mol. The second kappa shape index (κ2) is 21.0. The molecule has 1 fully saturated rings. The molecular formula is C40H40N2O12. The van der Waals surface area contributed by atoms with Gasteiger partial charge in [-0.05, 0) is 48.5 Å². The second-order valence-corrected chi connectivity index (χ2v) is 11.7. The summed E-state index contributed by atoms with van der Waals surface area (Å²) in [6.45, 7) is 0.470. The lowest BCUT2D eigenvalue weighted by molar-refractivity contribution is -0.484. The van der Waals surface area contributed by atoms with Crippen LogP contribution in [0.3, 0.4) is 0 Å². The van der Waals surface area contributed by atoms with Crippen LogP contribution >= 0.6 is 0 Å². The Morgan fingerprint density at radius 2 is 0.926 bits per heavy atom. The Balaban J connectivity index is 1.46. The summed E-state index contributed by atoms with van der Waals surface area (Å²) in [6.07, 6.45) is -7.25. The molecule has 2 unspecified atom stereocenters. The quantitative estimate of drug-likeness (QED) is 0.0643. The van der Waals surface area contributed by atoms with Crippen molar-refractivity contribution in [1.82, 2.24) is 0 Å². The maximum Gasteiger partial charge on any atom is 0.338 e. The van der Waals surface area contributed by atoms with Crippen LogP contribution < -0.4 is 5.11 Å². The van der Waals surface area contributed by atoms with E-state index >= 15 is 0 Å². The summed E-state index contributed by atoms with van der Waals surface area (Å²) >= 11 is 0. The molecule has 1 saturated heterocycles. The molecule has 14 heteroatoms. The summed E-state index contributed by atoms with van der Waals surface area (Å²) in [6, 6.07) is 32.5. The highest BCUT2D eigenvalue weighted by Crippen LogP contribution is 2.32. The number of rotatable bonds is 19. The first-order valence-corrected chi connectivity index (χ1v) is 17.2. The molecule has 1 heterocycles. The Hall–Kier alpha value is -5.80. The van der Waals surface area contributed by atoms with Crippen molar-refractivity contribution in [3.63, 3.8) is 0 Å². The number of benzene rings is 4. The van der Waals surface area contributed by atoms with Crippen LogP contribution in [0, 0.1) is 0 Å². The number of esters is 4. The molecule has 1 N–H and O–H groups in total. The van der Waals surface area contributed by atoms with Gasteiger partial charge in [0, 0.05) is 0 Å². The predicted molar refractivity (Wildman–Crippen MR) is 189 cm³/mol. The summed E-state index contributed by atoms with van der Waals surface area (Å²) in [4.78, 5) is 53.9. The molecule has 0 spiro atoms. The van der Waals surface area contributed by atoms with Gasteiger partial charge in [-0.25, -0.2) is 19.2 Å². The van der Waals surface area contributed by atoms with Crippen molar-refractivity contribution in [3.05, 3.63) is 149 Å². The Labute approximate surface area is 311 Å². The summed E-state index contributed by atoms with van der Waals surface area (Å²) in [5, 5.41) is 1.99. The minimum Gasteiger partial charge on any atom is -0.508 e. The normalized spacial score (nSPS) is 19.2. The molecule has 1 aliphatic heterocycles. The summed E-state index contributed by atoms with van der Waals surface area (Å²) in [7, 11) is 0. The van der Waals surface area contributed by atoms with Crippen LogP contribution in [0.2, 0.25) is 0 Å². The van der Waals surface area contributed by atoms with E-state index in [2.05, 4.69) is 0 Å². The van der Waals surface area contributed by atoms with Gasteiger partial charge in [-0.3, -0.25) is 0 Å². The monoisotopic (exact) mass is 740 g/mol. The smallest absolute Gasteiger partial charge is 0.338 e. The van der Waals surface area contributed by atoms with Crippen molar-refractivity contribution in [3.8, 4) is 0 Å². The Kier molecular flexibility index (Phi) is 15.4. The second-order valence-electron chi connectivity index (χ2n) is 11.7. The molecule has 5 atom stereocenters. The van der Waals surface area contributed by atoms with Gasteiger partial charge < -0.3 is 48.5 Å². The van der Waals surface area contributed by atoms with Gasteiger partial charge in [0.1, 0.15) is 19.3 Å². The zero-order valence-corrected chi connectivity index (χ0v) is 29.2. The van der Waals surface area contributed by atoms with Crippen LogP contribution in [0.1, 0.15) is 41.4 Å². The topological polar surface area (TPSA) is 178 Å². The molecule has 4 aromatic rings. The van der Waals surface area contributed by atoms with Gasteiger partial charge in [-0.1, -0.05) is 72.8 Å². The number of hydrogen-bond donors (Lipinski definition) is 1. The highest BCUT2D eigenvalue weighted by Gasteiger charge is 2.53. The van der Waals surface area contributed by atoms with E-state index < -0.39 is 61.2 Å². The highest BCUT2D eigenvalue weighted by molar-refractivity contribution is 5.91. The molecule has 5 rings (SSSR count). The molecule has 0 aliphatic carbocycles. The van der Waals surface area contributed by atoms with Crippen LogP contribution in [0.15, 0.2) is 121 Å². The molecule has 0 bridgehead atoms. The van der Waals surface area contributed by atoms with E-state index in [1.54, 1.807) is 84.9 Å². The average Bonchev–Trinajstić information content (AvgIpc) is 3.22. The summed E-state index contributed by atoms with van der Waals surface area (Å²) in [5.74, 6) is -3.11. The fourth-order valence-electron chi connectivity index (χ4n) is 5.32. The van der Waals surface area contributed by atoms with Crippen LogP contribution in [0.25, 0.3) is 5.53 Å². The van der Waals surface area contributed by atoms with Crippen LogP contribution in [0.4, 0.5) is 0 Å². The van der Waals surface area contributed by atoms with Crippen molar-refractivity contribution in [1.29, 1.82) is 0 Å². The number of nitrogens with zero attached hydrogens (tertiary/aromatic N) is 1. The Morgan fingerprint density at radius 1 is 0.519 bits per heavy atom. The van der Waals surface area contributed by atoms with Gasteiger partial charge >= 0.3 is 23.9 Å². The van der Waals surface area contributed by atoms with Crippen molar-refractivity contribution >= 4 is 23.9 Å². The zero-order chi connectivity index (χ0) is 38.0. The fourth-order valence-corrected chi connectivity index (χ4v) is 5.32. The Bertz CT molecular complexity index is 1780. The largest absolute Gasteiger partial charge is 0.508 e. The summed E-state index contributed by atoms with van der Waals surface area (Å²) < 4.78 is 47.0. The van der Waals surface area contributed by atoms with E-state index in [0.29, 0.717) is 0 Å². The number of nitrogens with one attached hydrogen (secondary N) is 1. The van der Waals surface area contributed by atoms with Gasteiger partial charge in [-0.15, -0.1) is 0 Å². The van der Waals surface area contributed by atoms with E-state index in [0.717, 1.165) is 0 Å². The standard InChI is InChI=1S/C40H40N2O12/c41-42-21-22-47-23-24-48-25-26-49-40-35(54-39(46)31-19-11-4-12-20-31)34(53-38(45)30-17-9-3-10-18-30)33(52-37(44)29-15-7-2-8-16-29)32(51-40)27-50-36(43)28-13-5-1-6-14-28/h1-20,32-35,40,42H,21-27H2/t32?,33-,34-,35?,40-/m0/s1. The molecule has 0 saturated carbocycles. The maximum absolute atomic E-state index is 13.7. The molecule has 282 valence electrons. The third-order valence-electron chi connectivity index (χ3n) is 7.98. The van der Waals surface area contributed by atoms with Crippen molar-refractivity contribution in [2.45, 2.75) is 30.7 Å². The minimum absolute atomic E-state index is 0.0510. The SMILES string of the molecule is [N-]=[NH+]CCOCCOCCO[C@H]1OC(COC(=O)c2ccccc2)[C@H](OC(=O)c2ccccc2)[C@H](OC(=O)c2ccccc2)C1OC(=O)c1ccccc1. The average molecular weight is 741 g/mol. The lowest BCUT2D eigenvalue weighted by Crippen LogP contribution is -2.64. The maximum atomic E-state index is 13.7. The van der Waals surface area contributed by atoms with Crippen LogP contribution in [-0.2, 0) is 37.9 Å². The number of hydrogen-bond acceptors (Lipinski definition) is 12. The first kappa shape index (κ1) is 39.4. The fraction of sp³-hybridized carbons (Fsp3) is 0.300. The van der Waals surface area contributed by atoms with Crippen LogP contribution in [0.5, 0.6) is 0 Å². The van der Waals surface area contributed by atoms with Crippen LogP contribution in [-0.4, -0.2) is 101 Å². The molecule has 0 amide bonds. The third kappa shape index (κ3) is 11.6. The van der Waals surface area contributed by atoms with Gasteiger partial charge in [0.25, 0.3) is 0 Å². The van der Waals surface area contributed by atoms with Gasteiger partial charge in [0.15, 0.2) is 31.1 Å². The molecule has 1 aliphatic rings. The predicted octanol–water partition coefficient (Wildman–Crippen LogP) is 3.40. The van der Waals surface area contributed by atoms with E-state index in [-0.39, 0.29) is 61.8 Å². The Morgan fingerprint density at radius 3 is 1.41 bits per heavy atom. The molecule has 0 radical (unpaired) electrons. The number of carbonyl (C=O) groups is 4. The van der Waals surface area contributed by atoms with Gasteiger partial charge in [0.05, 0.1) is 48.7 Å². The molecule has 0 aromatic heterocycles. The summed E-state index contributed by atoms with van der Waals surface area (Å²) in [5.41, 5.74) is 9.46. The lowest BCUT2D eigenvalue weighted by Gasteiger charge is -2.44.